The molecule has 0 spiro atoms. The fourth-order valence-electron chi connectivity index (χ4n) is 2.85. The van der Waals surface area contributed by atoms with Gasteiger partial charge in [-0.3, -0.25) is 0 Å². The Labute approximate surface area is 130 Å². The van der Waals surface area contributed by atoms with Crippen molar-refractivity contribution < 1.29 is 13.5 Å². The molecule has 0 aromatic heterocycles. The minimum absolute atomic E-state index is 0.0264. The number of fused-ring (bicyclic) bond motifs is 1. The highest BCUT2D eigenvalue weighted by molar-refractivity contribution is 7.89. The maximum Gasteiger partial charge on any atom is 0.240 e. The van der Waals surface area contributed by atoms with Crippen LogP contribution in [-0.4, -0.2) is 25.7 Å². The molecule has 3 rings (SSSR count). The van der Waals surface area contributed by atoms with Gasteiger partial charge in [0.15, 0.2) is 0 Å². The van der Waals surface area contributed by atoms with E-state index < -0.39 is 15.6 Å². The van der Waals surface area contributed by atoms with Crippen molar-refractivity contribution in [3.8, 4) is 0 Å². The van der Waals surface area contributed by atoms with Crippen molar-refractivity contribution in [1.29, 1.82) is 0 Å². The molecule has 1 aliphatic carbocycles. The van der Waals surface area contributed by atoms with E-state index >= 15 is 0 Å². The Morgan fingerprint density at radius 2 is 1.64 bits per heavy atom. The van der Waals surface area contributed by atoms with E-state index in [9.17, 15) is 13.5 Å². The van der Waals surface area contributed by atoms with E-state index in [4.69, 9.17) is 0 Å². The van der Waals surface area contributed by atoms with E-state index in [0.717, 1.165) is 12.0 Å². The maximum atomic E-state index is 12.2. The van der Waals surface area contributed by atoms with Crippen LogP contribution in [0.15, 0.2) is 59.5 Å². The first-order valence-electron chi connectivity index (χ1n) is 7.32. The third kappa shape index (κ3) is 3.21. The summed E-state index contributed by atoms with van der Waals surface area (Å²) in [6, 6.07) is 16.2. The van der Waals surface area contributed by atoms with Crippen LogP contribution in [0.4, 0.5) is 0 Å². The van der Waals surface area contributed by atoms with Gasteiger partial charge in [0, 0.05) is 13.0 Å². The second kappa shape index (κ2) is 5.83. The summed E-state index contributed by atoms with van der Waals surface area (Å²) >= 11 is 0. The van der Waals surface area contributed by atoms with Gasteiger partial charge in [-0.15, -0.1) is 0 Å². The van der Waals surface area contributed by atoms with Gasteiger partial charge < -0.3 is 5.11 Å². The Hall–Kier alpha value is -1.69. The molecule has 116 valence electrons. The summed E-state index contributed by atoms with van der Waals surface area (Å²) in [5, 5.41) is 10.7. The van der Waals surface area contributed by atoms with E-state index in [0.29, 0.717) is 12.8 Å². The molecule has 0 bridgehead atoms. The second-order valence-corrected chi connectivity index (χ2v) is 7.57. The zero-order valence-corrected chi connectivity index (χ0v) is 13.0. The lowest BCUT2D eigenvalue weighted by molar-refractivity contribution is 0.0317. The van der Waals surface area contributed by atoms with Gasteiger partial charge in [-0.1, -0.05) is 42.5 Å². The first-order chi connectivity index (χ1) is 10.5. The van der Waals surface area contributed by atoms with Gasteiger partial charge in [0.1, 0.15) is 0 Å². The molecule has 0 heterocycles. The highest BCUT2D eigenvalue weighted by Crippen LogP contribution is 2.28. The highest BCUT2D eigenvalue weighted by atomic mass is 32.2. The molecule has 0 radical (unpaired) electrons. The third-order valence-corrected chi connectivity index (χ3v) is 5.56. The van der Waals surface area contributed by atoms with Crippen LogP contribution in [0.3, 0.4) is 0 Å². The fraction of sp³-hybridized carbons (Fsp3) is 0.294. The number of hydrogen-bond donors (Lipinski definition) is 2. The Balaban J connectivity index is 1.72. The summed E-state index contributed by atoms with van der Waals surface area (Å²) in [4.78, 5) is 0.217. The Bertz CT molecular complexity index is 758. The van der Waals surface area contributed by atoms with Crippen molar-refractivity contribution in [1.82, 2.24) is 4.72 Å². The molecule has 22 heavy (non-hydrogen) atoms. The number of benzene rings is 2. The second-order valence-electron chi connectivity index (χ2n) is 5.81. The molecule has 1 unspecified atom stereocenters. The Kier molecular flexibility index (Phi) is 4.04. The van der Waals surface area contributed by atoms with Crippen molar-refractivity contribution in [3.05, 3.63) is 65.7 Å². The molecule has 0 saturated carbocycles. The molecule has 5 heteroatoms. The van der Waals surface area contributed by atoms with E-state index in [2.05, 4.69) is 10.8 Å². The van der Waals surface area contributed by atoms with Gasteiger partial charge in [-0.05, 0) is 36.1 Å². The van der Waals surface area contributed by atoms with Crippen molar-refractivity contribution in [2.24, 2.45) is 0 Å². The molecule has 1 aliphatic rings. The summed E-state index contributed by atoms with van der Waals surface area (Å²) in [6.07, 6.45) is 1.79. The number of rotatable bonds is 4. The topological polar surface area (TPSA) is 66.4 Å². The average molecular weight is 317 g/mol. The first-order valence-corrected chi connectivity index (χ1v) is 8.81. The molecule has 2 N–H and O–H groups in total. The molecule has 0 aliphatic heterocycles. The number of aryl methyl sites for hydroxylation is 1. The zero-order chi connectivity index (χ0) is 15.6. The van der Waals surface area contributed by atoms with Crippen molar-refractivity contribution >= 4 is 10.0 Å². The van der Waals surface area contributed by atoms with Crippen LogP contribution in [0.5, 0.6) is 0 Å². The van der Waals surface area contributed by atoms with E-state index in [1.165, 1.54) is 5.56 Å². The van der Waals surface area contributed by atoms with Crippen LogP contribution in [-0.2, 0) is 22.9 Å². The predicted molar refractivity (Wildman–Crippen MR) is 85.0 cm³/mol. The van der Waals surface area contributed by atoms with Gasteiger partial charge in [-0.25, -0.2) is 13.1 Å². The quantitative estimate of drug-likeness (QED) is 0.905. The monoisotopic (exact) mass is 317 g/mol. The van der Waals surface area contributed by atoms with Crippen LogP contribution in [0.2, 0.25) is 0 Å². The smallest absolute Gasteiger partial charge is 0.240 e. The number of aliphatic hydroxyl groups is 1. The average Bonchev–Trinajstić information content (AvgIpc) is 2.54. The summed E-state index contributed by atoms with van der Waals surface area (Å²) in [7, 11) is -3.59. The lowest BCUT2D eigenvalue weighted by Crippen LogP contribution is -2.46. The molecule has 1 atom stereocenters. The van der Waals surface area contributed by atoms with Crippen LogP contribution in [0.25, 0.3) is 0 Å². The summed E-state index contributed by atoms with van der Waals surface area (Å²) < 4.78 is 27.0. The van der Waals surface area contributed by atoms with E-state index in [1.54, 1.807) is 30.3 Å². The molecular formula is C17H19NO3S. The zero-order valence-electron chi connectivity index (χ0n) is 12.2. The standard InChI is InChI=1S/C17H19NO3S/c19-17(11-10-14-6-4-5-7-15(14)12-17)13-18-22(20,21)16-8-2-1-3-9-16/h1-9,18-19H,10-13H2. The van der Waals surface area contributed by atoms with Gasteiger partial charge in [0.25, 0.3) is 0 Å². The number of hydrogen-bond acceptors (Lipinski definition) is 3. The Morgan fingerprint density at radius 1 is 1.00 bits per heavy atom. The predicted octanol–water partition coefficient (Wildman–Crippen LogP) is 1.88. The van der Waals surface area contributed by atoms with Crippen LogP contribution in [0, 0.1) is 0 Å². The normalized spacial score (nSPS) is 21.3. The van der Waals surface area contributed by atoms with Crippen LogP contribution < -0.4 is 4.72 Å². The minimum Gasteiger partial charge on any atom is -0.388 e. The van der Waals surface area contributed by atoms with Crippen LogP contribution >= 0.6 is 0 Å². The van der Waals surface area contributed by atoms with Crippen molar-refractivity contribution in [3.63, 3.8) is 0 Å². The van der Waals surface area contributed by atoms with E-state index in [-0.39, 0.29) is 11.4 Å². The van der Waals surface area contributed by atoms with Crippen molar-refractivity contribution in [2.75, 3.05) is 6.54 Å². The largest absolute Gasteiger partial charge is 0.388 e. The molecule has 0 saturated heterocycles. The first kappa shape index (κ1) is 15.2. The molecular weight excluding hydrogens is 298 g/mol. The molecule has 2 aromatic rings. The van der Waals surface area contributed by atoms with Gasteiger partial charge in [-0.2, -0.15) is 0 Å². The van der Waals surface area contributed by atoms with Gasteiger partial charge >= 0.3 is 0 Å². The maximum absolute atomic E-state index is 12.2. The fourth-order valence-corrected chi connectivity index (χ4v) is 3.99. The minimum atomic E-state index is -3.59. The molecule has 4 nitrogen and oxygen atoms in total. The lowest BCUT2D eigenvalue weighted by atomic mass is 9.80. The van der Waals surface area contributed by atoms with Crippen molar-refractivity contribution in [2.45, 2.75) is 29.8 Å². The molecule has 0 amide bonds. The summed E-state index contributed by atoms with van der Waals surface area (Å²) in [5.74, 6) is 0. The number of sulfonamides is 1. The number of nitrogens with one attached hydrogen (secondary N) is 1. The van der Waals surface area contributed by atoms with Gasteiger partial charge in [0.05, 0.1) is 10.5 Å². The highest BCUT2D eigenvalue weighted by Gasteiger charge is 2.33. The summed E-state index contributed by atoms with van der Waals surface area (Å²) in [5.41, 5.74) is 1.30. The third-order valence-electron chi connectivity index (χ3n) is 4.14. The SMILES string of the molecule is O=S(=O)(NCC1(O)CCc2ccccc2C1)c1ccccc1. The molecule has 0 fully saturated rings. The summed E-state index contributed by atoms with van der Waals surface area (Å²) in [6.45, 7) is 0.0264. The lowest BCUT2D eigenvalue weighted by Gasteiger charge is -2.33. The molecule has 2 aromatic carbocycles. The van der Waals surface area contributed by atoms with Crippen LogP contribution in [0.1, 0.15) is 17.5 Å². The Morgan fingerprint density at radius 3 is 2.36 bits per heavy atom. The van der Waals surface area contributed by atoms with Gasteiger partial charge in [0.2, 0.25) is 10.0 Å². The van der Waals surface area contributed by atoms with E-state index in [1.807, 2.05) is 18.2 Å².